The summed E-state index contributed by atoms with van der Waals surface area (Å²) in [4.78, 5) is 27.9. The van der Waals surface area contributed by atoms with Crippen molar-refractivity contribution in [1.82, 2.24) is 9.21 Å². The Morgan fingerprint density at radius 1 is 0.857 bits per heavy atom. The number of rotatable bonds is 7. The highest BCUT2D eigenvalue weighted by molar-refractivity contribution is 7.89. The molecule has 2 aliphatic heterocycles. The first kappa shape index (κ1) is 23.3. The molecule has 2 heterocycles. The van der Waals surface area contributed by atoms with Crippen LogP contribution in [0.4, 0.5) is 0 Å². The lowest BCUT2D eigenvalue weighted by Crippen LogP contribution is -2.41. The van der Waals surface area contributed by atoms with Crippen molar-refractivity contribution < 1.29 is 27.5 Å². The third-order valence-corrected chi connectivity index (χ3v) is 8.69. The molecular weight excluding hydrogens is 468 g/mol. The van der Waals surface area contributed by atoms with Gasteiger partial charge in [-0.3, -0.25) is 14.5 Å². The normalized spacial score (nSPS) is 16.2. The van der Waals surface area contributed by atoms with Crippen molar-refractivity contribution in [3.8, 4) is 11.5 Å². The van der Waals surface area contributed by atoms with Crippen LogP contribution in [0.2, 0.25) is 0 Å². The highest BCUT2D eigenvalue weighted by atomic mass is 32.2. The van der Waals surface area contributed by atoms with Gasteiger partial charge in [-0.15, -0.1) is 0 Å². The van der Waals surface area contributed by atoms with E-state index in [2.05, 4.69) is 0 Å². The summed E-state index contributed by atoms with van der Waals surface area (Å²) in [6, 6.07) is 13.9. The van der Waals surface area contributed by atoms with E-state index < -0.39 is 10.0 Å². The van der Waals surface area contributed by atoms with E-state index in [9.17, 15) is 18.0 Å². The van der Waals surface area contributed by atoms with Crippen molar-refractivity contribution in [1.29, 1.82) is 0 Å². The number of benzene rings is 3. The highest BCUT2D eigenvalue weighted by Gasteiger charge is 2.34. The number of ether oxygens (including phenoxy) is 2. The largest absolute Gasteiger partial charge is 0.493 e. The average Bonchev–Trinajstić information content (AvgIpc) is 3.42. The minimum atomic E-state index is -3.78. The maximum Gasteiger partial charge on any atom is 0.261 e. The molecular formula is C26H26N2O6S. The number of imide groups is 1. The molecule has 0 aromatic heterocycles. The Morgan fingerprint density at radius 2 is 1.43 bits per heavy atom. The van der Waals surface area contributed by atoms with Gasteiger partial charge in [-0.05, 0) is 48.4 Å². The quantitative estimate of drug-likeness (QED) is 0.467. The van der Waals surface area contributed by atoms with Gasteiger partial charge >= 0.3 is 0 Å². The fourth-order valence-corrected chi connectivity index (χ4v) is 6.69. The fourth-order valence-electron chi connectivity index (χ4n) is 4.92. The molecule has 0 saturated carbocycles. The molecule has 1 saturated heterocycles. The number of amides is 2. The second-order valence-electron chi connectivity index (χ2n) is 8.65. The zero-order valence-corrected chi connectivity index (χ0v) is 20.4. The predicted octanol–water partition coefficient (Wildman–Crippen LogP) is 3.48. The van der Waals surface area contributed by atoms with E-state index in [4.69, 9.17) is 9.47 Å². The zero-order valence-electron chi connectivity index (χ0n) is 19.6. The molecule has 35 heavy (non-hydrogen) atoms. The van der Waals surface area contributed by atoms with Crippen LogP contribution in [0.1, 0.15) is 39.1 Å². The van der Waals surface area contributed by atoms with E-state index in [0.717, 1.165) is 18.2 Å². The summed E-state index contributed by atoms with van der Waals surface area (Å²) in [7, 11) is -0.850. The first-order valence-electron chi connectivity index (χ1n) is 11.5. The molecule has 0 atom stereocenters. The summed E-state index contributed by atoms with van der Waals surface area (Å²) >= 11 is 0. The summed E-state index contributed by atoms with van der Waals surface area (Å²) < 4.78 is 39.2. The van der Waals surface area contributed by atoms with Crippen LogP contribution in [-0.2, 0) is 16.4 Å². The molecule has 0 N–H and O–H groups in total. The Morgan fingerprint density at radius 3 is 2.00 bits per heavy atom. The monoisotopic (exact) mass is 494 g/mol. The van der Waals surface area contributed by atoms with Crippen LogP contribution >= 0.6 is 0 Å². The molecule has 0 spiro atoms. The third-order valence-electron chi connectivity index (χ3n) is 6.71. The molecule has 182 valence electrons. The average molecular weight is 495 g/mol. The Hall–Kier alpha value is -3.43. The summed E-state index contributed by atoms with van der Waals surface area (Å²) in [6.07, 6.45) is 1.77. The summed E-state index contributed by atoms with van der Waals surface area (Å²) in [5.74, 6) is -0.0820. The molecule has 0 radical (unpaired) electrons. The third kappa shape index (κ3) is 3.84. The second kappa shape index (κ2) is 8.98. The number of hydrogen-bond donors (Lipinski definition) is 0. The van der Waals surface area contributed by atoms with Gasteiger partial charge in [0.05, 0.1) is 19.1 Å². The van der Waals surface area contributed by atoms with E-state index in [1.54, 1.807) is 30.3 Å². The van der Waals surface area contributed by atoms with Crippen LogP contribution < -0.4 is 9.47 Å². The SMILES string of the molecule is COc1cc(CCN2C(=O)c3cccc4cccc(c34)C2=O)c(S(=O)(=O)N2CCCC2)cc1OC. The van der Waals surface area contributed by atoms with Crippen molar-refractivity contribution in [2.45, 2.75) is 24.2 Å². The molecule has 0 bridgehead atoms. The zero-order chi connectivity index (χ0) is 24.7. The van der Waals surface area contributed by atoms with Gasteiger partial charge in [0.1, 0.15) is 0 Å². The van der Waals surface area contributed by atoms with E-state index >= 15 is 0 Å². The first-order chi connectivity index (χ1) is 16.9. The molecule has 3 aromatic rings. The molecule has 9 heteroatoms. The number of methoxy groups -OCH3 is 2. The number of hydrogen-bond acceptors (Lipinski definition) is 6. The Kier molecular flexibility index (Phi) is 5.98. The van der Waals surface area contributed by atoms with Gasteiger partial charge in [-0.1, -0.05) is 24.3 Å². The fraction of sp³-hybridized carbons (Fsp3) is 0.308. The van der Waals surface area contributed by atoms with Crippen molar-refractivity contribution >= 4 is 32.6 Å². The molecule has 0 unspecified atom stereocenters. The van der Waals surface area contributed by atoms with Crippen LogP contribution in [0.3, 0.4) is 0 Å². The summed E-state index contributed by atoms with van der Waals surface area (Å²) in [6.45, 7) is 0.945. The van der Waals surface area contributed by atoms with Crippen LogP contribution in [0.15, 0.2) is 53.4 Å². The van der Waals surface area contributed by atoms with E-state index in [1.165, 1.54) is 29.5 Å². The second-order valence-corrected chi connectivity index (χ2v) is 10.6. The number of sulfonamides is 1. The lowest BCUT2D eigenvalue weighted by atomic mass is 9.94. The molecule has 0 aliphatic carbocycles. The van der Waals surface area contributed by atoms with Crippen LogP contribution in [0.5, 0.6) is 11.5 Å². The van der Waals surface area contributed by atoms with Gasteiger partial charge in [-0.2, -0.15) is 4.31 Å². The summed E-state index contributed by atoms with van der Waals surface area (Å²) in [5, 5.41) is 1.49. The molecule has 2 aliphatic rings. The number of nitrogens with zero attached hydrogens (tertiary/aromatic N) is 2. The van der Waals surface area contributed by atoms with Gasteiger partial charge in [0.15, 0.2) is 11.5 Å². The standard InChI is InChI=1S/C26H26N2O6S/c1-33-21-15-18(23(16-22(21)34-2)35(31,32)27-12-3-4-13-27)11-14-28-25(29)19-9-5-7-17-8-6-10-20(24(17)19)26(28)30/h5-10,15-16H,3-4,11-14H2,1-2H3. The molecule has 8 nitrogen and oxygen atoms in total. The van der Waals surface area contributed by atoms with Crippen molar-refractivity contribution in [3.05, 3.63) is 65.2 Å². The van der Waals surface area contributed by atoms with Crippen molar-refractivity contribution in [3.63, 3.8) is 0 Å². The molecule has 3 aromatic carbocycles. The topological polar surface area (TPSA) is 93.2 Å². The van der Waals surface area contributed by atoms with E-state index in [-0.39, 0.29) is 29.7 Å². The van der Waals surface area contributed by atoms with Crippen molar-refractivity contribution in [2.75, 3.05) is 33.9 Å². The lowest BCUT2D eigenvalue weighted by Gasteiger charge is -2.28. The minimum Gasteiger partial charge on any atom is -0.493 e. The van der Waals surface area contributed by atoms with Gasteiger partial charge in [-0.25, -0.2) is 8.42 Å². The van der Waals surface area contributed by atoms with Gasteiger partial charge < -0.3 is 9.47 Å². The Balaban J connectivity index is 1.52. The van der Waals surface area contributed by atoms with Crippen molar-refractivity contribution in [2.24, 2.45) is 0 Å². The van der Waals surface area contributed by atoms with Crippen LogP contribution in [0.25, 0.3) is 10.8 Å². The molecule has 5 rings (SSSR count). The van der Waals surface area contributed by atoms with Gasteiger partial charge in [0.25, 0.3) is 11.8 Å². The van der Waals surface area contributed by atoms with Crippen LogP contribution in [0, 0.1) is 0 Å². The number of carbonyl (C=O) groups excluding carboxylic acids is 2. The van der Waals surface area contributed by atoms with E-state index in [1.807, 2.05) is 12.1 Å². The molecule has 2 amide bonds. The van der Waals surface area contributed by atoms with Crippen LogP contribution in [-0.4, -0.2) is 63.3 Å². The maximum absolute atomic E-state index is 13.5. The summed E-state index contributed by atoms with van der Waals surface area (Å²) in [5.41, 5.74) is 1.40. The van der Waals surface area contributed by atoms with E-state index in [0.29, 0.717) is 46.7 Å². The molecule has 1 fully saturated rings. The smallest absolute Gasteiger partial charge is 0.261 e. The number of carbonyl (C=O) groups is 2. The lowest BCUT2D eigenvalue weighted by molar-refractivity contribution is 0.0612. The predicted molar refractivity (Wildman–Crippen MR) is 131 cm³/mol. The van der Waals surface area contributed by atoms with Gasteiger partial charge in [0, 0.05) is 42.2 Å². The highest BCUT2D eigenvalue weighted by Crippen LogP contribution is 2.36. The van der Waals surface area contributed by atoms with Gasteiger partial charge in [0.2, 0.25) is 10.0 Å². The maximum atomic E-state index is 13.5. The first-order valence-corrected chi connectivity index (χ1v) is 12.9. The Labute approximate surface area is 204 Å². The Bertz CT molecular complexity index is 1390. The minimum absolute atomic E-state index is 0.0282.